The molecule has 2 aromatic rings. The zero-order valence-electron chi connectivity index (χ0n) is 13.4. The maximum absolute atomic E-state index is 13.6. The van der Waals surface area contributed by atoms with Crippen LogP contribution in [0.25, 0.3) is 0 Å². The first-order valence-electron chi connectivity index (χ1n) is 7.51. The summed E-state index contributed by atoms with van der Waals surface area (Å²) in [5, 5.41) is 5.50. The third-order valence-electron chi connectivity index (χ3n) is 3.25. The van der Waals surface area contributed by atoms with Gasteiger partial charge in [0.15, 0.2) is 0 Å². The van der Waals surface area contributed by atoms with Crippen LogP contribution in [0.1, 0.15) is 11.1 Å². The van der Waals surface area contributed by atoms with Crippen molar-refractivity contribution in [2.24, 2.45) is 0 Å². The van der Waals surface area contributed by atoms with E-state index < -0.39 is 0 Å². The standard InChI is InChI=1S/C18H21FN2O2/c1-13-4-3-5-15(10-13)23-9-8-20-18(22)12-21-17-7-6-14(2)11-16(17)19/h3-7,10-11,21H,8-9,12H2,1-2H3,(H,20,22). The van der Waals surface area contributed by atoms with Crippen LogP contribution < -0.4 is 15.4 Å². The molecule has 5 heteroatoms. The quantitative estimate of drug-likeness (QED) is 0.772. The molecular formula is C18H21FN2O2. The highest BCUT2D eigenvalue weighted by Crippen LogP contribution is 2.14. The maximum Gasteiger partial charge on any atom is 0.239 e. The molecule has 2 rings (SSSR count). The third-order valence-corrected chi connectivity index (χ3v) is 3.25. The topological polar surface area (TPSA) is 50.4 Å². The molecule has 0 saturated carbocycles. The lowest BCUT2D eigenvalue weighted by atomic mass is 10.2. The predicted octanol–water partition coefficient (Wildman–Crippen LogP) is 3.05. The molecule has 0 radical (unpaired) electrons. The zero-order chi connectivity index (χ0) is 16.7. The number of hydrogen-bond acceptors (Lipinski definition) is 3. The van der Waals surface area contributed by atoms with E-state index >= 15 is 0 Å². The molecule has 0 aliphatic heterocycles. The van der Waals surface area contributed by atoms with Crippen molar-refractivity contribution in [3.63, 3.8) is 0 Å². The van der Waals surface area contributed by atoms with E-state index in [2.05, 4.69) is 10.6 Å². The van der Waals surface area contributed by atoms with Gasteiger partial charge < -0.3 is 15.4 Å². The Morgan fingerprint density at radius 1 is 1.13 bits per heavy atom. The number of hydrogen-bond donors (Lipinski definition) is 2. The summed E-state index contributed by atoms with van der Waals surface area (Å²) < 4.78 is 19.2. The minimum absolute atomic E-state index is 0.0183. The van der Waals surface area contributed by atoms with Crippen LogP contribution in [0.2, 0.25) is 0 Å². The number of aryl methyl sites for hydroxylation is 2. The number of halogens is 1. The fourth-order valence-corrected chi connectivity index (χ4v) is 2.07. The molecule has 0 spiro atoms. The Hall–Kier alpha value is -2.56. The van der Waals surface area contributed by atoms with Gasteiger partial charge in [-0.25, -0.2) is 4.39 Å². The lowest BCUT2D eigenvalue weighted by Gasteiger charge is -2.10. The molecule has 4 nitrogen and oxygen atoms in total. The van der Waals surface area contributed by atoms with E-state index in [1.165, 1.54) is 6.07 Å². The molecule has 0 aliphatic rings. The molecule has 0 aromatic heterocycles. The average molecular weight is 316 g/mol. The molecule has 0 saturated heterocycles. The summed E-state index contributed by atoms with van der Waals surface area (Å²) in [6.07, 6.45) is 0. The van der Waals surface area contributed by atoms with Gasteiger partial charge in [0.05, 0.1) is 18.8 Å². The Balaban J connectivity index is 1.67. The van der Waals surface area contributed by atoms with Crippen LogP contribution in [0, 0.1) is 19.7 Å². The second kappa shape index (κ2) is 8.17. The summed E-state index contributed by atoms with van der Waals surface area (Å²) in [6, 6.07) is 12.6. The molecule has 0 atom stereocenters. The van der Waals surface area contributed by atoms with Crippen LogP contribution in [0.4, 0.5) is 10.1 Å². The number of nitrogens with one attached hydrogen (secondary N) is 2. The first kappa shape index (κ1) is 16.8. The van der Waals surface area contributed by atoms with Gasteiger partial charge >= 0.3 is 0 Å². The molecular weight excluding hydrogens is 295 g/mol. The highest BCUT2D eigenvalue weighted by atomic mass is 19.1. The van der Waals surface area contributed by atoms with Crippen molar-refractivity contribution in [2.45, 2.75) is 13.8 Å². The Morgan fingerprint density at radius 3 is 2.65 bits per heavy atom. The molecule has 0 unspecified atom stereocenters. The Bertz CT molecular complexity index is 674. The number of carbonyl (C=O) groups is 1. The average Bonchev–Trinajstić information content (AvgIpc) is 2.51. The monoisotopic (exact) mass is 316 g/mol. The molecule has 0 heterocycles. The highest BCUT2D eigenvalue weighted by molar-refractivity contribution is 5.80. The molecule has 0 bridgehead atoms. The summed E-state index contributed by atoms with van der Waals surface area (Å²) >= 11 is 0. The van der Waals surface area contributed by atoms with Gasteiger partial charge in [0, 0.05) is 0 Å². The van der Waals surface area contributed by atoms with Gasteiger partial charge in [0.2, 0.25) is 5.91 Å². The van der Waals surface area contributed by atoms with Crippen LogP contribution in [0.15, 0.2) is 42.5 Å². The van der Waals surface area contributed by atoms with Crippen LogP contribution in [0.5, 0.6) is 5.75 Å². The van der Waals surface area contributed by atoms with Crippen LogP contribution >= 0.6 is 0 Å². The first-order chi connectivity index (χ1) is 11.0. The Labute approximate surface area is 135 Å². The van der Waals surface area contributed by atoms with E-state index in [0.29, 0.717) is 18.8 Å². The van der Waals surface area contributed by atoms with Gasteiger partial charge in [-0.2, -0.15) is 0 Å². The summed E-state index contributed by atoms with van der Waals surface area (Å²) in [6.45, 7) is 4.60. The molecule has 0 aliphatic carbocycles. The van der Waals surface area contributed by atoms with E-state index in [9.17, 15) is 9.18 Å². The minimum Gasteiger partial charge on any atom is -0.492 e. The molecule has 1 amide bonds. The first-order valence-corrected chi connectivity index (χ1v) is 7.51. The smallest absolute Gasteiger partial charge is 0.239 e. The van der Waals surface area contributed by atoms with Crippen molar-refractivity contribution in [3.8, 4) is 5.75 Å². The molecule has 2 aromatic carbocycles. The van der Waals surface area contributed by atoms with Crippen molar-refractivity contribution < 1.29 is 13.9 Å². The number of rotatable bonds is 7. The second-order valence-corrected chi connectivity index (χ2v) is 5.35. The van der Waals surface area contributed by atoms with E-state index in [-0.39, 0.29) is 18.3 Å². The molecule has 2 N–H and O–H groups in total. The summed E-state index contributed by atoms with van der Waals surface area (Å²) in [5.74, 6) is 0.206. The van der Waals surface area contributed by atoms with Gasteiger partial charge in [-0.05, 0) is 49.2 Å². The third kappa shape index (κ3) is 5.62. The van der Waals surface area contributed by atoms with Crippen molar-refractivity contribution >= 4 is 11.6 Å². The van der Waals surface area contributed by atoms with Crippen LogP contribution in [-0.4, -0.2) is 25.6 Å². The van der Waals surface area contributed by atoms with Gasteiger partial charge in [-0.3, -0.25) is 4.79 Å². The van der Waals surface area contributed by atoms with E-state index in [1.807, 2.05) is 38.1 Å². The molecule has 23 heavy (non-hydrogen) atoms. The Kier molecular flexibility index (Phi) is 5.97. The second-order valence-electron chi connectivity index (χ2n) is 5.35. The van der Waals surface area contributed by atoms with Gasteiger partial charge in [0.25, 0.3) is 0 Å². The normalized spacial score (nSPS) is 10.2. The SMILES string of the molecule is Cc1cccc(OCCNC(=O)CNc2ccc(C)cc2F)c1. The van der Waals surface area contributed by atoms with E-state index in [1.54, 1.807) is 12.1 Å². The summed E-state index contributed by atoms with van der Waals surface area (Å²) in [7, 11) is 0. The highest BCUT2D eigenvalue weighted by Gasteiger charge is 2.05. The lowest BCUT2D eigenvalue weighted by Crippen LogP contribution is -2.33. The van der Waals surface area contributed by atoms with Gasteiger partial charge in [-0.1, -0.05) is 18.2 Å². The lowest BCUT2D eigenvalue weighted by molar-refractivity contribution is -0.119. The fourth-order valence-electron chi connectivity index (χ4n) is 2.07. The number of ether oxygens (including phenoxy) is 1. The number of carbonyl (C=O) groups excluding carboxylic acids is 1. The largest absolute Gasteiger partial charge is 0.492 e. The van der Waals surface area contributed by atoms with Crippen molar-refractivity contribution in [1.82, 2.24) is 5.32 Å². The predicted molar refractivity (Wildman–Crippen MR) is 89.3 cm³/mol. The zero-order valence-corrected chi connectivity index (χ0v) is 13.4. The van der Waals surface area contributed by atoms with E-state index in [0.717, 1.165) is 16.9 Å². The van der Waals surface area contributed by atoms with Crippen LogP contribution in [-0.2, 0) is 4.79 Å². The van der Waals surface area contributed by atoms with Gasteiger partial charge in [-0.15, -0.1) is 0 Å². The summed E-state index contributed by atoms with van der Waals surface area (Å²) in [5.41, 5.74) is 2.28. The number of anilines is 1. The molecule has 122 valence electrons. The fraction of sp³-hybridized carbons (Fsp3) is 0.278. The molecule has 0 fully saturated rings. The van der Waals surface area contributed by atoms with Gasteiger partial charge in [0.1, 0.15) is 18.2 Å². The number of amides is 1. The maximum atomic E-state index is 13.6. The van der Waals surface area contributed by atoms with E-state index in [4.69, 9.17) is 4.74 Å². The number of benzene rings is 2. The van der Waals surface area contributed by atoms with Crippen LogP contribution in [0.3, 0.4) is 0 Å². The Morgan fingerprint density at radius 2 is 1.91 bits per heavy atom. The van der Waals surface area contributed by atoms with Crippen molar-refractivity contribution in [3.05, 3.63) is 59.4 Å². The van der Waals surface area contributed by atoms with Crippen molar-refractivity contribution in [1.29, 1.82) is 0 Å². The minimum atomic E-state index is -0.361. The summed E-state index contributed by atoms with van der Waals surface area (Å²) in [4.78, 5) is 11.7. The van der Waals surface area contributed by atoms with Crippen molar-refractivity contribution in [2.75, 3.05) is 25.0 Å².